The van der Waals surface area contributed by atoms with Gasteiger partial charge in [-0.3, -0.25) is 9.88 Å². The van der Waals surface area contributed by atoms with E-state index in [0.717, 1.165) is 35.3 Å². The van der Waals surface area contributed by atoms with Gasteiger partial charge >= 0.3 is 6.03 Å². The van der Waals surface area contributed by atoms with Crippen molar-refractivity contribution >= 4 is 17.5 Å². The molecule has 27 heavy (non-hydrogen) atoms. The van der Waals surface area contributed by atoms with Gasteiger partial charge in [0.25, 0.3) is 0 Å². The van der Waals surface area contributed by atoms with Crippen LogP contribution in [0.2, 0.25) is 0 Å². The molecule has 1 N–H and O–H groups in total. The number of nitrogens with one attached hydrogen (secondary N) is 1. The number of benzene rings is 1. The largest absolute Gasteiger partial charge is 0.327 e. The molecule has 0 unspecified atom stereocenters. The van der Waals surface area contributed by atoms with Crippen molar-refractivity contribution in [1.29, 1.82) is 0 Å². The number of carbonyl (C=O) groups is 1. The van der Waals surface area contributed by atoms with E-state index in [1.54, 1.807) is 23.5 Å². The van der Waals surface area contributed by atoms with Crippen LogP contribution in [0.4, 0.5) is 16.3 Å². The maximum atomic E-state index is 12.9. The summed E-state index contributed by atoms with van der Waals surface area (Å²) in [6.45, 7) is 0.652. The Morgan fingerprint density at radius 3 is 2.81 bits per heavy atom. The molecule has 0 bridgehead atoms. The van der Waals surface area contributed by atoms with Gasteiger partial charge in [0, 0.05) is 36.3 Å². The number of hydrogen-bond donors (Lipinski definition) is 1. The fourth-order valence-electron chi connectivity index (χ4n) is 3.06. The molecule has 1 aliphatic heterocycles. The van der Waals surface area contributed by atoms with Crippen LogP contribution in [0.3, 0.4) is 0 Å². The number of carbonyl (C=O) groups excluding carboxylic acids is 1. The van der Waals surface area contributed by atoms with Crippen molar-refractivity contribution in [3.8, 4) is 11.8 Å². The van der Waals surface area contributed by atoms with Crippen molar-refractivity contribution in [2.45, 2.75) is 12.8 Å². The van der Waals surface area contributed by atoms with Crippen molar-refractivity contribution in [1.82, 2.24) is 9.97 Å². The van der Waals surface area contributed by atoms with Crippen LogP contribution in [0, 0.1) is 11.8 Å². The van der Waals surface area contributed by atoms with Crippen LogP contribution in [0.15, 0.2) is 67.1 Å². The number of anilines is 2. The molecule has 2 aromatic heterocycles. The zero-order valence-electron chi connectivity index (χ0n) is 14.7. The Balaban J connectivity index is 1.57. The number of rotatable bonds is 1. The zero-order valence-corrected chi connectivity index (χ0v) is 14.7. The van der Waals surface area contributed by atoms with Gasteiger partial charge in [0.2, 0.25) is 0 Å². The SMILES string of the molecule is O=C(Nc1ccccc1C#Cc1cccnc1)N1CCCc2cccnc21. The van der Waals surface area contributed by atoms with E-state index >= 15 is 0 Å². The third-order valence-corrected chi connectivity index (χ3v) is 4.37. The molecule has 0 saturated carbocycles. The van der Waals surface area contributed by atoms with E-state index in [9.17, 15) is 4.79 Å². The van der Waals surface area contributed by atoms with Crippen LogP contribution in [0.1, 0.15) is 23.1 Å². The monoisotopic (exact) mass is 354 g/mol. The quantitative estimate of drug-likeness (QED) is 0.675. The highest BCUT2D eigenvalue weighted by atomic mass is 16.2. The highest BCUT2D eigenvalue weighted by Crippen LogP contribution is 2.25. The second-order valence-corrected chi connectivity index (χ2v) is 6.21. The van der Waals surface area contributed by atoms with Crippen LogP contribution < -0.4 is 10.2 Å². The number of fused-ring (bicyclic) bond motifs is 1. The molecule has 4 rings (SSSR count). The van der Waals surface area contributed by atoms with Crippen molar-refractivity contribution in [3.63, 3.8) is 0 Å². The van der Waals surface area contributed by atoms with Gasteiger partial charge in [-0.2, -0.15) is 0 Å². The normalized spacial score (nSPS) is 12.5. The molecule has 3 heterocycles. The minimum absolute atomic E-state index is 0.190. The third-order valence-electron chi connectivity index (χ3n) is 4.37. The van der Waals surface area contributed by atoms with Gasteiger partial charge in [0.1, 0.15) is 5.82 Å². The summed E-state index contributed by atoms with van der Waals surface area (Å²) < 4.78 is 0. The Kier molecular flexibility index (Phi) is 4.80. The predicted molar refractivity (Wildman–Crippen MR) is 106 cm³/mol. The summed E-state index contributed by atoms with van der Waals surface area (Å²) in [6, 6.07) is 15.0. The van der Waals surface area contributed by atoms with Gasteiger partial charge in [0.05, 0.1) is 5.69 Å². The van der Waals surface area contributed by atoms with Crippen LogP contribution in [-0.2, 0) is 6.42 Å². The second-order valence-electron chi connectivity index (χ2n) is 6.21. The van der Waals surface area contributed by atoms with E-state index in [1.807, 2.05) is 48.5 Å². The average molecular weight is 354 g/mol. The summed E-state index contributed by atoms with van der Waals surface area (Å²) in [5.74, 6) is 6.93. The molecule has 0 fully saturated rings. The highest BCUT2D eigenvalue weighted by molar-refractivity contribution is 6.02. The van der Waals surface area contributed by atoms with Crippen molar-refractivity contribution in [2.24, 2.45) is 0 Å². The zero-order chi connectivity index (χ0) is 18.5. The standard InChI is InChI=1S/C22H18N4O/c27-22(26-15-5-9-19-8-4-14-24-21(19)26)25-20-10-2-1-7-18(20)12-11-17-6-3-13-23-16-17/h1-4,6-8,10,13-14,16H,5,9,15H2,(H,25,27). The number of amides is 2. The molecule has 0 saturated heterocycles. The Hall–Kier alpha value is -3.65. The van der Waals surface area contributed by atoms with Gasteiger partial charge in [-0.25, -0.2) is 9.78 Å². The number of hydrogen-bond acceptors (Lipinski definition) is 3. The lowest BCUT2D eigenvalue weighted by Crippen LogP contribution is -2.39. The van der Waals surface area contributed by atoms with E-state index in [0.29, 0.717) is 12.2 Å². The Labute approximate surface area is 158 Å². The fraction of sp³-hybridized carbons (Fsp3) is 0.136. The van der Waals surface area contributed by atoms with E-state index in [-0.39, 0.29) is 6.03 Å². The van der Waals surface area contributed by atoms with Gasteiger partial charge in [0.15, 0.2) is 0 Å². The molecule has 3 aromatic rings. The molecule has 5 nitrogen and oxygen atoms in total. The number of pyridine rings is 2. The summed E-state index contributed by atoms with van der Waals surface area (Å²) in [6.07, 6.45) is 7.01. The number of urea groups is 1. The maximum Gasteiger partial charge on any atom is 0.327 e. The summed E-state index contributed by atoms with van der Waals surface area (Å²) >= 11 is 0. The van der Waals surface area contributed by atoms with Crippen molar-refractivity contribution in [2.75, 3.05) is 16.8 Å². The lowest BCUT2D eigenvalue weighted by atomic mass is 10.1. The Bertz CT molecular complexity index is 1020. The van der Waals surface area contributed by atoms with Crippen LogP contribution in [0.5, 0.6) is 0 Å². The molecule has 1 aromatic carbocycles. The average Bonchev–Trinajstić information content (AvgIpc) is 2.73. The molecule has 0 aliphatic carbocycles. The molecule has 1 aliphatic rings. The van der Waals surface area contributed by atoms with Gasteiger partial charge < -0.3 is 5.32 Å². The molecular formula is C22H18N4O. The first-order valence-corrected chi connectivity index (χ1v) is 8.85. The summed E-state index contributed by atoms with van der Waals surface area (Å²) in [7, 11) is 0. The number of para-hydroxylation sites is 1. The van der Waals surface area contributed by atoms with Crippen molar-refractivity contribution < 1.29 is 4.79 Å². The Morgan fingerprint density at radius 2 is 1.93 bits per heavy atom. The van der Waals surface area contributed by atoms with Gasteiger partial charge in [-0.1, -0.05) is 30.0 Å². The van der Waals surface area contributed by atoms with E-state index < -0.39 is 0 Å². The maximum absolute atomic E-state index is 12.9. The Morgan fingerprint density at radius 1 is 1.04 bits per heavy atom. The van der Waals surface area contributed by atoms with E-state index in [4.69, 9.17) is 0 Å². The summed E-state index contributed by atoms with van der Waals surface area (Å²) in [4.78, 5) is 23.0. The predicted octanol–water partition coefficient (Wildman–Crippen LogP) is 3.86. The summed E-state index contributed by atoms with van der Waals surface area (Å²) in [5.41, 5.74) is 3.37. The van der Waals surface area contributed by atoms with Crippen LogP contribution >= 0.6 is 0 Å². The number of aromatic nitrogens is 2. The third kappa shape index (κ3) is 3.80. The topological polar surface area (TPSA) is 58.1 Å². The molecule has 5 heteroatoms. The van der Waals surface area contributed by atoms with Crippen molar-refractivity contribution in [3.05, 3.63) is 83.8 Å². The highest BCUT2D eigenvalue weighted by Gasteiger charge is 2.23. The van der Waals surface area contributed by atoms with Gasteiger partial charge in [-0.15, -0.1) is 0 Å². The molecule has 2 amide bonds. The lowest BCUT2D eigenvalue weighted by molar-refractivity contribution is 0.256. The van der Waals surface area contributed by atoms with Crippen LogP contribution in [0.25, 0.3) is 0 Å². The molecule has 0 atom stereocenters. The lowest BCUT2D eigenvalue weighted by Gasteiger charge is -2.28. The minimum atomic E-state index is -0.190. The molecule has 0 spiro atoms. The summed E-state index contributed by atoms with van der Waals surface area (Å²) in [5, 5.41) is 2.99. The minimum Gasteiger partial charge on any atom is -0.306 e. The molecular weight excluding hydrogens is 336 g/mol. The smallest absolute Gasteiger partial charge is 0.306 e. The van der Waals surface area contributed by atoms with E-state index in [2.05, 4.69) is 27.1 Å². The molecule has 132 valence electrons. The van der Waals surface area contributed by atoms with Gasteiger partial charge in [-0.05, 0) is 48.7 Å². The molecule has 0 radical (unpaired) electrons. The first-order chi connectivity index (χ1) is 13.3. The first kappa shape index (κ1) is 16.8. The second kappa shape index (κ2) is 7.71. The first-order valence-electron chi connectivity index (χ1n) is 8.85. The number of nitrogens with zero attached hydrogens (tertiary/aromatic N) is 3. The fourth-order valence-corrected chi connectivity index (χ4v) is 3.06. The van der Waals surface area contributed by atoms with E-state index in [1.165, 1.54) is 0 Å². The number of aryl methyl sites for hydroxylation is 1. The van der Waals surface area contributed by atoms with Crippen LogP contribution in [-0.4, -0.2) is 22.5 Å².